The van der Waals surface area contributed by atoms with E-state index in [-0.39, 0.29) is 5.91 Å². The predicted octanol–water partition coefficient (Wildman–Crippen LogP) is 1.86. The summed E-state index contributed by atoms with van der Waals surface area (Å²) >= 11 is 1.45. The van der Waals surface area contributed by atoms with E-state index in [0.29, 0.717) is 17.0 Å². The molecule has 1 aromatic carbocycles. The lowest BCUT2D eigenvalue weighted by Crippen LogP contribution is -2.14. The molecule has 0 saturated heterocycles. The van der Waals surface area contributed by atoms with E-state index in [1.807, 2.05) is 12.3 Å². The van der Waals surface area contributed by atoms with Crippen molar-refractivity contribution in [1.29, 1.82) is 5.26 Å². The fourth-order valence-corrected chi connectivity index (χ4v) is 1.34. The van der Waals surface area contributed by atoms with Gasteiger partial charge in [-0.25, -0.2) is 0 Å². The lowest BCUT2D eigenvalue weighted by atomic mass is 10.2. The van der Waals surface area contributed by atoms with Crippen LogP contribution in [0.2, 0.25) is 0 Å². The summed E-state index contributed by atoms with van der Waals surface area (Å²) in [4.78, 5) is 11.2. The average Bonchev–Trinajstić information content (AvgIpc) is 2.19. The van der Waals surface area contributed by atoms with Crippen LogP contribution in [0.25, 0.3) is 0 Å². The number of anilines is 1. The molecule has 0 radical (unpaired) electrons. The summed E-state index contributed by atoms with van der Waals surface area (Å²) < 4.78 is 0. The van der Waals surface area contributed by atoms with Gasteiger partial charge in [0.2, 0.25) is 5.91 Å². The van der Waals surface area contributed by atoms with Crippen molar-refractivity contribution in [3.8, 4) is 6.07 Å². The Hall–Kier alpha value is -1.47. The van der Waals surface area contributed by atoms with Gasteiger partial charge in [0.1, 0.15) is 6.07 Å². The van der Waals surface area contributed by atoms with Gasteiger partial charge in [0.25, 0.3) is 0 Å². The van der Waals surface area contributed by atoms with E-state index in [4.69, 9.17) is 5.26 Å². The van der Waals surface area contributed by atoms with E-state index >= 15 is 0 Å². The standard InChI is InChI=1S/C10H10N2OS/c1-14-7-10(13)12-9-5-3-2-4-8(9)6-11/h2-5H,7H2,1H3,(H,12,13). The molecule has 0 bridgehead atoms. The molecule has 14 heavy (non-hydrogen) atoms. The maximum absolute atomic E-state index is 11.2. The number of hydrogen-bond donors (Lipinski definition) is 1. The van der Waals surface area contributed by atoms with Crippen molar-refractivity contribution in [2.45, 2.75) is 0 Å². The Morgan fingerprint density at radius 1 is 1.57 bits per heavy atom. The van der Waals surface area contributed by atoms with E-state index in [1.54, 1.807) is 24.3 Å². The van der Waals surface area contributed by atoms with Crippen molar-refractivity contribution in [2.24, 2.45) is 0 Å². The van der Waals surface area contributed by atoms with Crippen LogP contribution < -0.4 is 5.32 Å². The summed E-state index contributed by atoms with van der Waals surface area (Å²) in [5.41, 5.74) is 1.07. The van der Waals surface area contributed by atoms with Gasteiger partial charge < -0.3 is 5.32 Å². The molecule has 0 aromatic heterocycles. The smallest absolute Gasteiger partial charge is 0.234 e. The average molecular weight is 206 g/mol. The third-order valence-corrected chi connectivity index (χ3v) is 2.15. The number of rotatable bonds is 3. The van der Waals surface area contributed by atoms with Crippen molar-refractivity contribution < 1.29 is 4.79 Å². The molecule has 4 heteroatoms. The lowest BCUT2D eigenvalue weighted by Gasteiger charge is -2.04. The number of amides is 1. The normalized spacial score (nSPS) is 9.14. The van der Waals surface area contributed by atoms with Crippen molar-refractivity contribution >= 4 is 23.4 Å². The van der Waals surface area contributed by atoms with Crippen LogP contribution in [0.5, 0.6) is 0 Å². The highest BCUT2D eigenvalue weighted by molar-refractivity contribution is 7.99. The minimum atomic E-state index is -0.0831. The number of thioether (sulfide) groups is 1. The van der Waals surface area contributed by atoms with Crippen LogP contribution in [0.4, 0.5) is 5.69 Å². The molecule has 0 aliphatic carbocycles. The second kappa shape index (κ2) is 5.30. The fourth-order valence-electron chi connectivity index (χ4n) is 1.01. The van der Waals surface area contributed by atoms with Gasteiger partial charge in [0, 0.05) is 0 Å². The zero-order valence-corrected chi connectivity index (χ0v) is 8.60. The minimum absolute atomic E-state index is 0.0831. The van der Waals surface area contributed by atoms with Gasteiger partial charge in [-0.15, -0.1) is 0 Å². The molecule has 0 heterocycles. The molecule has 0 aliphatic rings. The third kappa shape index (κ3) is 2.79. The van der Waals surface area contributed by atoms with E-state index < -0.39 is 0 Å². The maximum atomic E-state index is 11.2. The number of benzene rings is 1. The zero-order chi connectivity index (χ0) is 10.4. The van der Waals surface area contributed by atoms with Gasteiger partial charge in [-0.05, 0) is 18.4 Å². The van der Waals surface area contributed by atoms with E-state index in [2.05, 4.69) is 5.32 Å². The van der Waals surface area contributed by atoms with Gasteiger partial charge in [0.05, 0.1) is 17.0 Å². The third-order valence-electron chi connectivity index (χ3n) is 1.60. The number of hydrogen-bond acceptors (Lipinski definition) is 3. The number of carbonyl (C=O) groups is 1. The first-order chi connectivity index (χ1) is 6.77. The van der Waals surface area contributed by atoms with Crippen LogP contribution in [-0.2, 0) is 4.79 Å². The first kappa shape index (κ1) is 10.6. The molecule has 0 saturated carbocycles. The highest BCUT2D eigenvalue weighted by atomic mass is 32.2. The Morgan fingerprint density at radius 3 is 2.93 bits per heavy atom. The topological polar surface area (TPSA) is 52.9 Å². The van der Waals surface area contributed by atoms with E-state index in [0.717, 1.165) is 0 Å². The molecule has 1 aromatic rings. The van der Waals surface area contributed by atoms with Gasteiger partial charge in [0.15, 0.2) is 0 Å². The Kier molecular flexibility index (Phi) is 4.02. The van der Waals surface area contributed by atoms with Gasteiger partial charge >= 0.3 is 0 Å². The molecule has 0 unspecified atom stereocenters. The highest BCUT2D eigenvalue weighted by Crippen LogP contribution is 2.13. The summed E-state index contributed by atoms with van der Waals surface area (Å²) in [5.74, 6) is 0.319. The molecule has 3 nitrogen and oxygen atoms in total. The molecule has 0 atom stereocenters. The van der Waals surface area contributed by atoms with Crippen LogP contribution >= 0.6 is 11.8 Å². The first-order valence-electron chi connectivity index (χ1n) is 4.06. The second-order valence-electron chi connectivity index (χ2n) is 2.64. The Bertz CT molecular complexity index is 371. The monoisotopic (exact) mass is 206 g/mol. The van der Waals surface area contributed by atoms with Crippen LogP contribution in [0.3, 0.4) is 0 Å². The fraction of sp³-hybridized carbons (Fsp3) is 0.200. The number of para-hydroxylation sites is 1. The lowest BCUT2D eigenvalue weighted by molar-refractivity contribution is -0.113. The van der Waals surface area contributed by atoms with Crippen LogP contribution in [0.15, 0.2) is 24.3 Å². The van der Waals surface area contributed by atoms with Crippen molar-refractivity contribution in [3.05, 3.63) is 29.8 Å². The molecular formula is C10H10N2OS. The quantitative estimate of drug-likeness (QED) is 0.821. The Labute approximate surface area is 87.1 Å². The molecule has 0 aliphatic heterocycles. The number of nitrogens with zero attached hydrogens (tertiary/aromatic N) is 1. The molecule has 72 valence electrons. The Balaban J connectivity index is 2.77. The number of nitriles is 1. The Morgan fingerprint density at radius 2 is 2.29 bits per heavy atom. The molecule has 1 N–H and O–H groups in total. The summed E-state index contributed by atoms with van der Waals surface area (Å²) in [6.45, 7) is 0. The predicted molar refractivity (Wildman–Crippen MR) is 58.2 cm³/mol. The minimum Gasteiger partial charge on any atom is -0.324 e. The zero-order valence-electron chi connectivity index (χ0n) is 7.78. The molecule has 0 fully saturated rings. The number of nitrogens with one attached hydrogen (secondary N) is 1. The summed E-state index contributed by atoms with van der Waals surface area (Å²) in [5, 5.41) is 11.4. The second-order valence-corrected chi connectivity index (χ2v) is 3.50. The van der Waals surface area contributed by atoms with Gasteiger partial charge in [-0.1, -0.05) is 12.1 Å². The largest absolute Gasteiger partial charge is 0.324 e. The van der Waals surface area contributed by atoms with Gasteiger partial charge in [-0.2, -0.15) is 17.0 Å². The highest BCUT2D eigenvalue weighted by Gasteiger charge is 2.04. The summed E-state index contributed by atoms with van der Waals surface area (Å²) in [6, 6.07) is 8.97. The van der Waals surface area contributed by atoms with E-state index in [1.165, 1.54) is 11.8 Å². The van der Waals surface area contributed by atoms with Crippen LogP contribution in [0, 0.1) is 11.3 Å². The summed E-state index contributed by atoms with van der Waals surface area (Å²) in [7, 11) is 0. The van der Waals surface area contributed by atoms with Gasteiger partial charge in [-0.3, -0.25) is 4.79 Å². The maximum Gasteiger partial charge on any atom is 0.234 e. The molecule has 0 spiro atoms. The van der Waals surface area contributed by atoms with E-state index in [9.17, 15) is 4.79 Å². The first-order valence-corrected chi connectivity index (χ1v) is 5.45. The SMILES string of the molecule is CSCC(=O)Nc1ccccc1C#N. The summed E-state index contributed by atoms with van der Waals surface area (Å²) in [6.07, 6.45) is 1.86. The molecule has 1 rings (SSSR count). The van der Waals surface area contributed by atoms with Crippen molar-refractivity contribution in [3.63, 3.8) is 0 Å². The van der Waals surface area contributed by atoms with Crippen LogP contribution in [-0.4, -0.2) is 17.9 Å². The van der Waals surface area contributed by atoms with Crippen LogP contribution in [0.1, 0.15) is 5.56 Å². The number of carbonyl (C=O) groups excluding carboxylic acids is 1. The van der Waals surface area contributed by atoms with Crippen molar-refractivity contribution in [2.75, 3.05) is 17.3 Å². The molecular weight excluding hydrogens is 196 g/mol. The molecule has 1 amide bonds. The van der Waals surface area contributed by atoms with Crippen molar-refractivity contribution in [1.82, 2.24) is 0 Å².